The Morgan fingerprint density at radius 2 is 2.33 bits per heavy atom. The van der Waals surface area contributed by atoms with Gasteiger partial charge in [-0.1, -0.05) is 0 Å². The normalized spacial score (nSPS) is 9.83. The predicted octanol–water partition coefficient (Wildman–Crippen LogP) is 0.907. The molecule has 12 heavy (non-hydrogen) atoms. The SMILES string of the molecule is CCOC(=O)c1cn(C)cc1O. The first-order valence-corrected chi connectivity index (χ1v) is 3.67. The Labute approximate surface area is 70.4 Å². The molecule has 0 aliphatic carbocycles. The van der Waals surface area contributed by atoms with Crippen LogP contribution in [0.3, 0.4) is 0 Å². The zero-order valence-corrected chi connectivity index (χ0v) is 7.07. The highest BCUT2D eigenvalue weighted by Gasteiger charge is 2.13. The second kappa shape index (κ2) is 3.30. The highest BCUT2D eigenvalue weighted by Crippen LogP contribution is 2.17. The molecule has 0 fully saturated rings. The Bertz CT molecular complexity index is 290. The van der Waals surface area contributed by atoms with Gasteiger partial charge in [-0.2, -0.15) is 0 Å². The Morgan fingerprint density at radius 3 is 2.75 bits per heavy atom. The maximum absolute atomic E-state index is 11.1. The van der Waals surface area contributed by atoms with Crippen molar-refractivity contribution in [2.45, 2.75) is 6.92 Å². The Hall–Kier alpha value is -1.45. The van der Waals surface area contributed by atoms with Gasteiger partial charge in [0.15, 0.2) is 0 Å². The molecule has 0 atom stereocenters. The second-order valence-corrected chi connectivity index (χ2v) is 2.44. The fourth-order valence-corrected chi connectivity index (χ4v) is 0.936. The van der Waals surface area contributed by atoms with Gasteiger partial charge in [0.1, 0.15) is 11.3 Å². The molecule has 0 radical (unpaired) electrons. The smallest absolute Gasteiger partial charge is 0.343 e. The summed E-state index contributed by atoms with van der Waals surface area (Å²) in [7, 11) is 1.72. The molecule has 0 unspecified atom stereocenters. The van der Waals surface area contributed by atoms with Gasteiger partial charge >= 0.3 is 5.97 Å². The lowest BCUT2D eigenvalue weighted by molar-refractivity contribution is 0.0523. The number of esters is 1. The largest absolute Gasteiger partial charge is 0.505 e. The standard InChI is InChI=1S/C8H11NO3/c1-3-12-8(11)6-4-9(2)5-7(6)10/h4-5,10H,3H2,1-2H3. The van der Waals surface area contributed by atoms with E-state index in [0.29, 0.717) is 6.61 Å². The van der Waals surface area contributed by atoms with Crippen molar-refractivity contribution in [3.63, 3.8) is 0 Å². The van der Waals surface area contributed by atoms with Gasteiger partial charge in [-0.15, -0.1) is 0 Å². The van der Waals surface area contributed by atoms with Crippen LogP contribution in [0.4, 0.5) is 0 Å². The van der Waals surface area contributed by atoms with E-state index in [1.54, 1.807) is 18.5 Å². The van der Waals surface area contributed by atoms with Crippen molar-refractivity contribution < 1.29 is 14.6 Å². The van der Waals surface area contributed by atoms with Gasteiger partial charge in [-0.05, 0) is 6.92 Å². The molecule has 0 amide bonds. The summed E-state index contributed by atoms with van der Waals surface area (Å²) >= 11 is 0. The number of rotatable bonds is 2. The lowest BCUT2D eigenvalue weighted by Gasteiger charge is -1.97. The molecule has 1 aromatic heterocycles. The fraction of sp³-hybridized carbons (Fsp3) is 0.375. The number of ether oxygens (including phenoxy) is 1. The third-order valence-electron chi connectivity index (χ3n) is 1.43. The van der Waals surface area contributed by atoms with Gasteiger partial charge in [0.05, 0.1) is 6.61 Å². The third kappa shape index (κ3) is 1.58. The van der Waals surface area contributed by atoms with E-state index in [-0.39, 0.29) is 11.3 Å². The van der Waals surface area contributed by atoms with Crippen molar-refractivity contribution in [1.29, 1.82) is 0 Å². The summed E-state index contributed by atoms with van der Waals surface area (Å²) in [6.07, 6.45) is 2.97. The first kappa shape index (κ1) is 8.64. The molecule has 1 rings (SSSR count). The summed E-state index contributed by atoms with van der Waals surface area (Å²) in [6.45, 7) is 2.03. The van der Waals surface area contributed by atoms with Crippen LogP contribution in [0, 0.1) is 0 Å². The van der Waals surface area contributed by atoms with Crippen molar-refractivity contribution in [2.75, 3.05) is 6.61 Å². The molecule has 0 spiro atoms. The Morgan fingerprint density at radius 1 is 1.67 bits per heavy atom. The molecule has 0 bridgehead atoms. The molecule has 0 aliphatic heterocycles. The lowest BCUT2D eigenvalue weighted by Crippen LogP contribution is -2.03. The topological polar surface area (TPSA) is 51.5 Å². The summed E-state index contributed by atoms with van der Waals surface area (Å²) in [4.78, 5) is 11.1. The molecule has 4 heteroatoms. The molecular weight excluding hydrogens is 158 g/mol. The van der Waals surface area contributed by atoms with Crippen LogP contribution >= 0.6 is 0 Å². The molecular formula is C8H11NO3. The highest BCUT2D eigenvalue weighted by atomic mass is 16.5. The number of carbonyl (C=O) groups excluding carboxylic acids is 1. The molecule has 1 N–H and O–H groups in total. The molecule has 66 valence electrons. The fourth-order valence-electron chi connectivity index (χ4n) is 0.936. The summed E-state index contributed by atoms with van der Waals surface area (Å²) < 4.78 is 6.31. The van der Waals surface area contributed by atoms with Gasteiger partial charge < -0.3 is 14.4 Å². The van der Waals surface area contributed by atoms with E-state index in [4.69, 9.17) is 4.74 Å². The third-order valence-corrected chi connectivity index (χ3v) is 1.43. The minimum atomic E-state index is -0.490. The molecule has 1 aromatic rings. The Balaban J connectivity index is 2.87. The zero-order valence-electron chi connectivity index (χ0n) is 7.07. The van der Waals surface area contributed by atoms with E-state index in [0.717, 1.165) is 0 Å². The summed E-state index contributed by atoms with van der Waals surface area (Å²) in [6, 6.07) is 0. The molecule has 1 heterocycles. The quantitative estimate of drug-likeness (QED) is 0.669. The molecule has 0 saturated heterocycles. The van der Waals surface area contributed by atoms with E-state index in [1.165, 1.54) is 12.4 Å². The van der Waals surface area contributed by atoms with Crippen LogP contribution in [-0.2, 0) is 11.8 Å². The van der Waals surface area contributed by atoms with Crippen LogP contribution in [0.2, 0.25) is 0 Å². The van der Waals surface area contributed by atoms with Crippen LogP contribution < -0.4 is 0 Å². The maximum atomic E-state index is 11.1. The zero-order chi connectivity index (χ0) is 9.14. The number of hydrogen-bond donors (Lipinski definition) is 1. The van der Waals surface area contributed by atoms with Crippen molar-refractivity contribution in [3.05, 3.63) is 18.0 Å². The highest BCUT2D eigenvalue weighted by molar-refractivity contribution is 5.92. The van der Waals surface area contributed by atoms with E-state index in [1.807, 2.05) is 0 Å². The first-order chi connectivity index (χ1) is 5.65. The van der Waals surface area contributed by atoms with Crippen molar-refractivity contribution >= 4 is 5.97 Å². The number of aromatic nitrogens is 1. The molecule has 0 aromatic carbocycles. The minimum Gasteiger partial charge on any atom is -0.505 e. The summed E-state index contributed by atoms with van der Waals surface area (Å²) in [5, 5.41) is 9.21. The number of aromatic hydroxyl groups is 1. The second-order valence-electron chi connectivity index (χ2n) is 2.44. The van der Waals surface area contributed by atoms with Gasteiger partial charge in [0.2, 0.25) is 0 Å². The van der Waals surface area contributed by atoms with E-state index >= 15 is 0 Å². The summed E-state index contributed by atoms with van der Waals surface area (Å²) in [5.41, 5.74) is 0.208. The van der Waals surface area contributed by atoms with Crippen LogP contribution in [0.1, 0.15) is 17.3 Å². The van der Waals surface area contributed by atoms with Crippen LogP contribution in [0.5, 0.6) is 5.75 Å². The molecule has 0 saturated carbocycles. The van der Waals surface area contributed by atoms with E-state index in [2.05, 4.69) is 0 Å². The average Bonchev–Trinajstić information content (AvgIpc) is 2.30. The van der Waals surface area contributed by atoms with Gasteiger partial charge in [-0.3, -0.25) is 0 Å². The lowest BCUT2D eigenvalue weighted by atomic mass is 10.3. The van der Waals surface area contributed by atoms with Crippen LogP contribution in [0.25, 0.3) is 0 Å². The van der Waals surface area contributed by atoms with Gasteiger partial charge in [-0.25, -0.2) is 4.79 Å². The number of aryl methyl sites for hydroxylation is 1. The van der Waals surface area contributed by atoms with Crippen LogP contribution in [0.15, 0.2) is 12.4 Å². The monoisotopic (exact) mass is 169 g/mol. The van der Waals surface area contributed by atoms with Crippen molar-refractivity contribution in [1.82, 2.24) is 4.57 Å². The average molecular weight is 169 g/mol. The van der Waals surface area contributed by atoms with Gasteiger partial charge in [0, 0.05) is 19.4 Å². The predicted molar refractivity (Wildman–Crippen MR) is 43.0 cm³/mol. The molecule has 4 nitrogen and oxygen atoms in total. The number of hydrogen-bond acceptors (Lipinski definition) is 3. The number of nitrogens with zero attached hydrogens (tertiary/aromatic N) is 1. The van der Waals surface area contributed by atoms with E-state index < -0.39 is 5.97 Å². The maximum Gasteiger partial charge on any atom is 0.343 e. The molecule has 0 aliphatic rings. The van der Waals surface area contributed by atoms with E-state index in [9.17, 15) is 9.90 Å². The van der Waals surface area contributed by atoms with Gasteiger partial charge in [0.25, 0.3) is 0 Å². The minimum absolute atomic E-state index is 0.0454. The van der Waals surface area contributed by atoms with Crippen LogP contribution in [-0.4, -0.2) is 22.2 Å². The van der Waals surface area contributed by atoms with Crippen molar-refractivity contribution in [3.8, 4) is 5.75 Å². The first-order valence-electron chi connectivity index (χ1n) is 3.67. The Kier molecular flexibility index (Phi) is 2.38. The van der Waals surface area contributed by atoms with Crippen molar-refractivity contribution in [2.24, 2.45) is 7.05 Å². The number of carbonyl (C=O) groups is 1. The summed E-state index contributed by atoms with van der Waals surface area (Å²) in [5.74, 6) is -0.536.